The first kappa shape index (κ1) is 13.4. The Kier molecular flexibility index (Phi) is 3.42. The van der Waals surface area contributed by atoms with Gasteiger partial charge < -0.3 is 12.4 Å². The lowest BCUT2D eigenvalue weighted by Crippen LogP contribution is -3.00. The van der Waals surface area contributed by atoms with Gasteiger partial charge in [0.2, 0.25) is 0 Å². The molecule has 0 N–H and O–H groups in total. The summed E-state index contributed by atoms with van der Waals surface area (Å²) in [5.41, 5.74) is 4.48. The van der Waals surface area contributed by atoms with Crippen molar-refractivity contribution in [1.29, 1.82) is 0 Å². The normalized spacial score (nSPS) is 10.8. The molecule has 0 amide bonds. The van der Waals surface area contributed by atoms with E-state index in [0.29, 0.717) is 0 Å². The summed E-state index contributed by atoms with van der Waals surface area (Å²) in [7, 11) is 0. The summed E-state index contributed by atoms with van der Waals surface area (Å²) in [5, 5.41) is 2.89. The van der Waals surface area contributed by atoms with Gasteiger partial charge in [-0.1, -0.05) is 35.9 Å². The number of thiazole rings is 1. The third-order valence-corrected chi connectivity index (χ3v) is 4.26. The minimum absolute atomic E-state index is 0. The average Bonchev–Trinajstić information content (AvgIpc) is 2.98. The van der Waals surface area contributed by atoms with E-state index in [4.69, 9.17) is 11.6 Å². The molecule has 0 aliphatic carbocycles. The van der Waals surface area contributed by atoms with Crippen molar-refractivity contribution in [3.63, 3.8) is 0 Å². The summed E-state index contributed by atoms with van der Waals surface area (Å²) in [6.07, 6.45) is 0. The van der Waals surface area contributed by atoms with E-state index in [1.807, 2.05) is 42.5 Å². The minimum atomic E-state index is 0. The van der Waals surface area contributed by atoms with E-state index in [2.05, 4.69) is 20.8 Å². The fraction of sp³-hybridized carbons (Fsp3) is 0. The number of aromatic nitrogens is 2. The SMILES string of the molecule is Clc1ccc(-c2csc3nc4ccccc4n23)cc1.[Cl-]. The van der Waals surface area contributed by atoms with Gasteiger partial charge in [0.15, 0.2) is 4.96 Å². The second kappa shape index (κ2) is 5.09. The highest BCUT2D eigenvalue weighted by atomic mass is 35.5. The van der Waals surface area contributed by atoms with Gasteiger partial charge in [-0.3, -0.25) is 4.40 Å². The fourth-order valence-electron chi connectivity index (χ4n) is 2.29. The largest absolute Gasteiger partial charge is 1.00 e. The van der Waals surface area contributed by atoms with Crippen LogP contribution in [0.4, 0.5) is 0 Å². The van der Waals surface area contributed by atoms with Crippen molar-refractivity contribution in [3.05, 3.63) is 58.9 Å². The van der Waals surface area contributed by atoms with Gasteiger partial charge in [0.1, 0.15) is 0 Å². The molecule has 0 bridgehead atoms. The summed E-state index contributed by atoms with van der Waals surface area (Å²) in [6, 6.07) is 16.1. The first-order chi connectivity index (χ1) is 9.33. The topological polar surface area (TPSA) is 17.3 Å². The van der Waals surface area contributed by atoms with Crippen molar-refractivity contribution in [3.8, 4) is 11.3 Å². The van der Waals surface area contributed by atoms with E-state index in [1.54, 1.807) is 11.3 Å². The third kappa shape index (κ3) is 1.99. The van der Waals surface area contributed by atoms with Crippen LogP contribution in [-0.4, -0.2) is 9.38 Å². The quantitative estimate of drug-likeness (QED) is 0.523. The van der Waals surface area contributed by atoms with Crippen LogP contribution < -0.4 is 12.4 Å². The lowest BCUT2D eigenvalue weighted by Gasteiger charge is -2.01. The van der Waals surface area contributed by atoms with E-state index in [9.17, 15) is 0 Å². The highest BCUT2D eigenvalue weighted by Crippen LogP contribution is 2.30. The van der Waals surface area contributed by atoms with E-state index >= 15 is 0 Å². The number of hydrogen-bond donors (Lipinski definition) is 0. The molecule has 5 heteroatoms. The summed E-state index contributed by atoms with van der Waals surface area (Å²) < 4.78 is 2.20. The van der Waals surface area contributed by atoms with E-state index in [0.717, 1.165) is 32.3 Å². The van der Waals surface area contributed by atoms with Gasteiger partial charge in [0.05, 0.1) is 16.7 Å². The maximum atomic E-state index is 5.95. The molecule has 2 aromatic carbocycles. The minimum Gasteiger partial charge on any atom is -1.00 e. The summed E-state index contributed by atoms with van der Waals surface area (Å²) in [6.45, 7) is 0. The Labute approximate surface area is 131 Å². The van der Waals surface area contributed by atoms with Crippen LogP contribution in [0.5, 0.6) is 0 Å². The smallest absolute Gasteiger partial charge is 0.195 e. The van der Waals surface area contributed by atoms with E-state index in [-0.39, 0.29) is 12.4 Å². The van der Waals surface area contributed by atoms with E-state index in [1.165, 1.54) is 0 Å². The molecule has 0 aliphatic heterocycles. The van der Waals surface area contributed by atoms with Gasteiger partial charge in [0.25, 0.3) is 0 Å². The van der Waals surface area contributed by atoms with Crippen LogP contribution in [0, 0.1) is 0 Å². The number of benzene rings is 2. The maximum Gasteiger partial charge on any atom is 0.195 e. The molecule has 2 aromatic heterocycles. The van der Waals surface area contributed by atoms with Crippen molar-refractivity contribution in [1.82, 2.24) is 9.38 Å². The zero-order valence-electron chi connectivity index (χ0n) is 10.3. The molecule has 2 nitrogen and oxygen atoms in total. The fourth-order valence-corrected chi connectivity index (χ4v) is 3.33. The molecule has 0 saturated heterocycles. The number of imidazole rings is 1. The maximum absolute atomic E-state index is 5.95. The van der Waals surface area contributed by atoms with Gasteiger partial charge in [0, 0.05) is 10.4 Å². The second-order valence-electron chi connectivity index (χ2n) is 4.35. The Hall–Kier alpha value is -1.55. The molecule has 0 radical (unpaired) electrons. The van der Waals surface area contributed by atoms with Crippen LogP contribution in [0.1, 0.15) is 0 Å². The average molecular weight is 320 g/mol. The number of hydrogen-bond acceptors (Lipinski definition) is 2. The predicted molar refractivity (Wildman–Crippen MR) is 81.0 cm³/mol. The molecule has 4 aromatic rings. The van der Waals surface area contributed by atoms with Crippen LogP contribution in [-0.2, 0) is 0 Å². The molecule has 0 fully saturated rings. The Morgan fingerprint density at radius 1 is 1.00 bits per heavy atom. The molecule has 20 heavy (non-hydrogen) atoms. The highest BCUT2D eigenvalue weighted by Gasteiger charge is 2.11. The van der Waals surface area contributed by atoms with Gasteiger partial charge in [-0.25, -0.2) is 4.98 Å². The van der Waals surface area contributed by atoms with Crippen molar-refractivity contribution in [2.75, 3.05) is 0 Å². The lowest BCUT2D eigenvalue weighted by molar-refractivity contribution is -0.00000358. The Morgan fingerprint density at radius 2 is 1.75 bits per heavy atom. The number of fused-ring (bicyclic) bond motifs is 3. The number of rotatable bonds is 1. The van der Waals surface area contributed by atoms with Gasteiger partial charge in [-0.05, 0) is 29.8 Å². The summed E-state index contributed by atoms with van der Waals surface area (Å²) in [4.78, 5) is 5.65. The van der Waals surface area contributed by atoms with Crippen LogP contribution in [0.15, 0.2) is 53.9 Å². The molecule has 100 valence electrons. The molecule has 4 rings (SSSR count). The lowest BCUT2D eigenvalue weighted by atomic mass is 10.2. The first-order valence-electron chi connectivity index (χ1n) is 5.93. The van der Waals surface area contributed by atoms with Crippen LogP contribution in [0.25, 0.3) is 27.3 Å². The zero-order chi connectivity index (χ0) is 12.8. The molecular weight excluding hydrogens is 311 g/mol. The molecule has 0 unspecified atom stereocenters. The highest BCUT2D eigenvalue weighted by molar-refractivity contribution is 7.15. The molecule has 0 spiro atoms. The van der Waals surface area contributed by atoms with Crippen LogP contribution >= 0.6 is 22.9 Å². The molecular formula is C15H9Cl2N2S-. The van der Waals surface area contributed by atoms with Crippen molar-refractivity contribution in [2.24, 2.45) is 0 Å². The zero-order valence-corrected chi connectivity index (χ0v) is 12.6. The monoisotopic (exact) mass is 319 g/mol. The predicted octanol–water partition coefficient (Wildman–Crippen LogP) is 1.87. The van der Waals surface area contributed by atoms with Crippen LogP contribution in [0.3, 0.4) is 0 Å². The van der Waals surface area contributed by atoms with Gasteiger partial charge >= 0.3 is 0 Å². The van der Waals surface area contributed by atoms with Crippen molar-refractivity contribution in [2.45, 2.75) is 0 Å². The molecule has 0 atom stereocenters. The first-order valence-corrected chi connectivity index (χ1v) is 7.19. The summed E-state index contributed by atoms with van der Waals surface area (Å²) in [5.74, 6) is 0. The van der Waals surface area contributed by atoms with Gasteiger partial charge in [-0.2, -0.15) is 0 Å². The third-order valence-electron chi connectivity index (χ3n) is 3.19. The van der Waals surface area contributed by atoms with Crippen molar-refractivity contribution >= 4 is 38.9 Å². The Bertz CT molecular complexity index is 878. The van der Waals surface area contributed by atoms with Crippen LogP contribution in [0.2, 0.25) is 5.02 Å². The Morgan fingerprint density at radius 3 is 2.55 bits per heavy atom. The molecule has 0 aliphatic rings. The molecule has 0 saturated carbocycles. The standard InChI is InChI=1S/C15H9ClN2S.ClH/c16-11-7-5-10(6-8-11)14-9-19-15-17-12-3-1-2-4-13(12)18(14)15;/h1-9H;1H/p-1. The van der Waals surface area contributed by atoms with E-state index < -0.39 is 0 Å². The number of nitrogens with zero attached hydrogens (tertiary/aromatic N) is 2. The van der Waals surface area contributed by atoms with Crippen molar-refractivity contribution < 1.29 is 12.4 Å². The second-order valence-corrected chi connectivity index (χ2v) is 5.62. The van der Waals surface area contributed by atoms with Gasteiger partial charge in [-0.15, -0.1) is 11.3 Å². The number of para-hydroxylation sites is 2. The number of halogens is 2. The molecule has 2 heterocycles. The Balaban J connectivity index is 0.00000121. The summed E-state index contributed by atoms with van der Waals surface area (Å²) >= 11 is 7.61.